The number of hydrogen-bond acceptors (Lipinski definition) is 6. The predicted molar refractivity (Wildman–Crippen MR) is 146 cm³/mol. The van der Waals surface area contributed by atoms with Crippen molar-refractivity contribution in [2.45, 2.75) is 98.8 Å². The third kappa shape index (κ3) is 8.83. The van der Waals surface area contributed by atoms with Gasteiger partial charge >= 0.3 is 0 Å². The molecule has 2 rings (SSSR count). The summed E-state index contributed by atoms with van der Waals surface area (Å²) >= 11 is 1.22. The Labute approximate surface area is 211 Å². The van der Waals surface area contributed by atoms with Gasteiger partial charge in [-0.25, -0.2) is 0 Å². The van der Waals surface area contributed by atoms with E-state index in [0.717, 1.165) is 30.3 Å². The standard InChI is InChI=1S/C28H43N5S/c1-6-9-11-12-13-14-18-33(21-24(8-3)15-10-7-2)25-16-17-27(22(4)19-25)30-31-28-26(20-29)23(5)32-34-28/h16-17,19,24H,6-15,18,21H2,1-5H3/b31-30+. The summed E-state index contributed by atoms with van der Waals surface area (Å²) in [4.78, 5) is 2.60. The summed E-state index contributed by atoms with van der Waals surface area (Å²) in [6, 6.07) is 8.68. The van der Waals surface area contributed by atoms with E-state index in [1.807, 2.05) is 6.92 Å². The SMILES string of the molecule is CCCCCCCCN(CC(CC)CCCC)c1ccc(/N=N/c2snc(C)c2C#N)c(C)c1. The summed E-state index contributed by atoms with van der Waals surface area (Å²) in [6.45, 7) is 13.0. The number of aromatic nitrogens is 1. The highest BCUT2D eigenvalue weighted by Crippen LogP contribution is 2.31. The maximum Gasteiger partial charge on any atom is 0.176 e. The minimum Gasteiger partial charge on any atom is -0.371 e. The minimum absolute atomic E-state index is 0.519. The molecule has 1 aromatic heterocycles. The molecule has 0 bridgehead atoms. The molecule has 34 heavy (non-hydrogen) atoms. The highest BCUT2D eigenvalue weighted by molar-refractivity contribution is 7.10. The summed E-state index contributed by atoms with van der Waals surface area (Å²) < 4.78 is 4.23. The molecule has 186 valence electrons. The molecule has 1 heterocycles. The summed E-state index contributed by atoms with van der Waals surface area (Å²) in [5.41, 5.74) is 4.47. The highest BCUT2D eigenvalue weighted by Gasteiger charge is 2.15. The molecule has 0 radical (unpaired) electrons. The largest absolute Gasteiger partial charge is 0.371 e. The van der Waals surface area contributed by atoms with Gasteiger partial charge in [-0.2, -0.15) is 9.64 Å². The molecule has 1 atom stereocenters. The van der Waals surface area contributed by atoms with Crippen molar-refractivity contribution in [1.82, 2.24) is 4.37 Å². The Hall–Kier alpha value is -2.26. The molecular weight excluding hydrogens is 438 g/mol. The number of aryl methyl sites for hydroxylation is 2. The van der Waals surface area contributed by atoms with Crippen LogP contribution in [0.1, 0.15) is 102 Å². The van der Waals surface area contributed by atoms with E-state index in [1.54, 1.807) is 0 Å². The van der Waals surface area contributed by atoms with Gasteiger partial charge < -0.3 is 4.90 Å². The van der Waals surface area contributed by atoms with E-state index in [2.05, 4.69) is 71.5 Å². The van der Waals surface area contributed by atoms with E-state index in [9.17, 15) is 5.26 Å². The van der Waals surface area contributed by atoms with Gasteiger partial charge in [0.25, 0.3) is 0 Å². The fourth-order valence-corrected chi connectivity index (χ4v) is 4.92. The van der Waals surface area contributed by atoms with Crippen LogP contribution in [0.25, 0.3) is 0 Å². The monoisotopic (exact) mass is 481 g/mol. The second kappa shape index (κ2) is 15.6. The average molecular weight is 482 g/mol. The average Bonchev–Trinajstić information content (AvgIpc) is 3.20. The molecule has 0 spiro atoms. The first-order valence-corrected chi connectivity index (χ1v) is 13.9. The molecule has 1 aromatic carbocycles. The third-order valence-corrected chi connectivity index (χ3v) is 7.38. The maximum absolute atomic E-state index is 9.32. The van der Waals surface area contributed by atoms with Gasteiger partial charge in [-0.15, -0.1) is 10.2 Å². The van der Waals surface area contributed by atoms with Gasteiger partial charge in [-0.1, -0.05) is 72.1 Å². The summed E-state index contributed by atoms with van der Waals surface area (Å²) in [7, 11) is 0. The topological polar surface area (TPSA) is 64.6 Å². The smallest absolute Gasteiger partial charge is 0.176 e. The van der Waals surface area contributed by atoms with E-state index in [-0.39, 0.29) is 0 Å². The first-order valence-electron chi connectivity index (χ1n) is 13.2. The maximum atomic E-state index is 9.32. The van der Waals surface area contributed by atoms with Crippen LogP contribution >= 0.6 is 11.5 Å². The summed E-state index contributed by atoms with van der Waals surface area (Å²) in [6.07, 6.45) is 13.0. The Morgan fingerprint density at radius 2 is 1.74 bits per heavy atom. The number of hydrogen-bond donors (Lipinski definition) is 0. The number of rotatable bonds is 16. The molecule has 6 heteroatoms. The Kier molecular flexibility index (Phi) is 12.8. The molecule has 0 aliphatic heterocycles. The molecule has 0 saturated heterocycles. The molecule has 0 fully saturated rings. The van der Waals surface area contributed by atoms with Gasteiger partial charge in [0.05, 0.1) is 11.4 Å². The Morgan fingerprint density at radius 3 is 2.41 bits per heavy atom. The van der Waals surface area contributed by atoms with E-state index in [0.29, 0.717) is 16.3 Å². The first-order chi connectivity index (χ1) is 16.5. The molecule has 2 aromatic rings. The van der Waals surface area contributed by atoms with Crippen molar-refractivity contribution in [3.63, 3.8) is 0 Å². The molecule has 0 aliphatic carbocycles. The van der Waals surface area contributed by atoms with Gasteiger partial charge in [0.2, 0.25) is 0 Å². The number of unbranched alkanes of at least 4 members (excludes halogenated alkanes) is 6. The molecule has 0 aliphatic rings. The van der Waals surface area contributed by atoms with Crippen molar-refractivity contribution < 1.29 is 0 Å². The zero-order chi connectivity index (χ0) is 24.8. The zero-order valence-corrected chi connectivity index (χ0v) is 22.8. The quantitative estimate of drug-likeness (QED) is 0.177. The molecule has 0 saturated carbocycles. The number of azo groups is 1. The zero-order valence-electron chi connectivity index (χ0n) is 21.9. The number of nitrogens with zero attached hydrogens (tertiary/aromatic N) is 5. The van der Waals surface area contributed by atoms with Crippen molar-refractivity contribution in [3.8, 4) is 6.07 Å². The summed E-state index contributed by atoms with van der Waals surface area (Å²) in [5.74, 6) is 0.735. The molecule has 0 N–H and O–H groups in total. The molecule has 5 nitrogen and oxygen atoms in total. The highest BCUT2D eigenvalue weighted by atomic mass is 32.1. The lowest BCUT2D eigenvalue weighted by molar-refractivity contribution is 0.442. The lowest BCUT2D eigenvalue weighted by Crippen LogP contribution is -2.30. The second-order valence-corrected chi connectivity index (χ2v) is 10.1. The Balaban J connectivity index is 2.14. The second-order valence-electron chi connectivity index (χ2n) is 9.36. The summed E-state index contributed by atoms with van der Waals surface area (Å²) in [5, 5.41) is 18.7. The fraction of sp³-hybridized carbons (Fsp3) is 0.643. The Morgan fingerprint density at radius 1 is 1.00 bits per heavy atom. The lowest BCUT2D eigenvalue weighted by atomic mass is 9.98. The van der Waals surface area contributed by atoms with E-state index < -0.39 is 0 Å². The van der Waals surface area contributed by atoms with Crippen LogP contribution in [0.5, 0.6) is 0 Å². The number of anilines is 1. The number of benzene rings is 1. The third-order valence-electron chi connectivity index (χ3n) is 6.55. The van der Waals surface area contributed by atoms with E-state index in [4.69, 9.17) is 0 Å². The van der Waals surface area contributed by atoms with Crippen LogP contribution in [0.3, 0.4) is 0 Å². The molecule has 0 amide bonds. The Bertz CT molecular complexity index is 927. The van der Waals surface area contributed by atoms with Crippen molar-refractivity contribution in [3.05, 3.63) is 35.0 Å². The van der Waals surface area contributed by atoms with Crippen molar-refractivity contribution >= 4 is 27.9 Å². The van der Waals surface area contributed by atoms with Gasteiger partial charge in [-0.3, -0.25) is 0 Å². The fourth-order valence-electron chi connectivity index (χ4n) is 4.24. The van der Waals surface area contributed by atoms with Crippen LogP contribution in [0.4, 0.5) is 16.4 Å². The van der Waals surface area contributed by atoms with Crippen LogP contribution in [0, 0.1) is 31.1 Å². The van der Waals surface area contributed by atoms with Crippen LogP contribution in [-0.4, -0.2) is 17.5 Å². The van der Waals surface area contributed by atoms with Crippen LogP contribution in [0.15, 0.2) is 28.4 Å². The van der Waals surface area contributed by atoms with Crippen LogP contribution < -0.4 is 4.90 Å². The molecule has 1 unspecified atom stereocenters. The van der Waals surface area contributed by atoms with E-state index >= 15 is 0 Å². The lowest BCUT2D eigenvalue weighted by Gasteiger charge is -2.30. The van der Waals surface area contributed by atoms with Crippen LogP contribution in [-0.2, 0) is 0 Å². The minimum atomic E-state index is 0.519. The van der Waals surface area contributed by atoms with Gasteiger partial charge in [-0.05, 0) is 67.9 Å². The van der Waals surface area contributed by atoms with E-state index in [1.165, 1.54) is 81.4 Å². The van der Waals surface area contributed by atoms with Gasteiger partial charge in [0.1, 0.15) is 11.6 Å². The van der Waals surface area contributed by atoms with Crippen molar-refractivity contribution in [2.75, 3.05) is 18.0 Å². The normalized spacial score (nSPS) is 12.2. The predicted octanol–water partition coefficient (Wildman–Crippen LogP) is 9.43. The van der Waals surface area contributed by atoms with Crippen molar-refractivity contribution in [1.29, 1.82) is 5.26 Å². The van der Waals surface area contributed by atoms with Crippen LogP contribution in [0.2, 0.25) is 0 Å². The number of nitriles is 1. The van der Waals surface area contributed by atoms with Gasteiger partial charge in [0.15, 0.2) is 5.00 Å². The van der Waals surface area contributed by atoms with Crippen molar-refractivity contribution in [2.24, 2.45) is 16.1 Å². The van der Waals surface area contributed by atoms with Gasteiger partial charge in [0, 0.05) is 18.8 Å². The first kappa shape index (κ1) is 28.0. The molecular formula is C28H43N5S.